The van der Waals surface area contributed by atoms with E-state index in [0.717, 1.165) is 12.8 Å². The van der Waals surface area contributed by atoms with Crippen LogP contribution in [0, 0.1) is 11.3 Å². The van der Waals surface area contributed by atoms with Gasteiger partial charge in [-0.1, -0.05) is 11.1 Å². The summed E-state index contributed by atoms with van der Waals surface area (Å²) in [6.07, 6.45) is 3.48. The summed E-state index contributed by atoms with van der Waals surface area (Å²) in [5, 5.41) is 9.00. The molecule has 1 atom stereocenters. The van der Waals surface area contributed by atoms with Gasteiger partial charge in [0.25, 0.3) is 0 Å². The highest BCUT2D eigenvalue weighted by Gasteiger charge is 2.19. The van der Waals surface area contributed by atoms with Crippen LogP contribution in [0.25, 0.3) is 0 Å². The van der Waals surface area contributed by atoms with Crippen LogP contribution in [0.15, 0.2) is 23.8 Å². The average molecular weight is 237 g/mol. The zero-order valence-corrected chi connectivity index (χ0v) is 12.1. The van der Waals surface area contributed by atoms with Crippen LogP contribution in [0.5, 0.6) is 0 Å². The van der Waals surface area contributed by atoms with Crippen LogP contribution >= 0.6 is 0 Å². The van der Waals surface area contributed by atoms with Gasteiger partial charge in [0.05, 0.1) is 6.07 Å². The molecule has 2 nitrogen and oxygen atoms in total. The molecule has 0 rings (SSSR count). The summed E-state index contributed by atoms with van der Waals surface area (Å²) in [4.78, 5) is 0. The van der Waals surface area contributed by atoms with Crippen LogP contribution in [-0.2, 0) is 4.43 Å². The van der Waals surface area contributed by atoms with Gasteiger partial charge in [-0.2, -0.15) is 5.26 Å². The molecule has 0 aliphatic carbocycles. The third-order valence-electron chi connectivity index (χ3n) is 1.99. The zero-order valence-electron chi connectivity index (χ0n) is 11.1. The lowest BCUT2D eigenvalue weighted by Crippen LogP contribution is -2.30. The number of allylic oxidation sites excluding steroid dienone is 2. The van der Waals surface area contributed by atoms with Crippen LogP contribution in [0.2, 0.25) is 19.6 Å². The number of hydrogen-bond donors (Lipinski definition) is 0. The SMILES string of the molecule is C=C(C)CC/C(C)=C/C(C#N)O[Si](C)(C)C. The predicted octanol–water partition coefficient (Wildman–Crippen LogP) is 4.03. The molecule has 90 valence electrons. The molecule has 0 bridgehead atoms. The molecule has 0 amide bonds. The fourth-order valence-corrected chi connectivity index (χ4v) is 2.11. The molecule has 0 aliphatic heterocycles. The van der Waals surface area contributed by atoms with Crippen LogP contribution in [0.3, 0.4) is 0 Å². The summed E-state index contributed by atoms with van der Waals surface area (Å²) >= 11 is 0. The molecule has 0 aliphatic rings. The Bertz CT molecular complexity index is 307. The maximum absolute atomic E-state index is 9.00. The van der Waals surface area contributed by atoms with E-state index in [4.69, 9.17) is 9.69 Å². The molecule has 0 spiro atoms. The van der Waals surface area contributed by atoms with Crippen molar-refractivity contribution >= 4 is 8.32 Å². The first-order chi connectivity index (χ1) is 7.24. The van der Waals surface area contributed by atoms with Gasteiger partial charge < -0.3 is 4.43 Å². The Morgan fingerprint density at radius 3 is 2.31 bits per heavy atom. The molecule has 0 saturated carbocycles. The van der Waals surface area contributed by atoms with E-state index in [1.54, 1.807) is 0 Å². The minimum atomic E-state index is -1.64. The maximum Gasteiger partial charge on any atom is 0.185 e. The number of nitrogens with zero attached hydrogens (tertiary/aromatic N) is 1. The van der Waals surface area contributed by atoms with Gasteiger partial charge in [-0.15, -0.1) is 6.58 Å². The monoisotopic (exact) mass is 237 g/mol. The quantitative estimate of drug-likeness (QED) is 0.516. The van der Waals surface area contributed by atoms with Crippen LogP contribution in [0.4, 0.5) is 0 Å². The molecule has 0 aromatic carbocycles. The first-order valence-corrected chi connectivity index (χ1v) is 9.04. The topological polar surface area (TPSA) is 33.0 Å². The number of rotatable bonds is 6. The molecule has 0 radical (unpaired) electrons. The lowest BCUT2D eigenvalue weighted by atomic mass is 10.1. The Hall–Kier alpha value is -0.853. The van der Waals surface area contributed by atoms with E-state index in [1.165, 1.54) is 11.1 Å². The lowest BCUT2D eigenvalue weighted by Gasteiger charge is -2.20. The normalized spacial score (nSPS) is 14.4. The summed E-state index contributed by atoms with van der Waals surface area (Å²) in [6.45, 7) is 14.2. The molecule has 0 saturated heterocycles. The Kier molecular flexibility index (Phi) is 6.31. The van der Waals surface area contributed by atoms with Crippen molar-refractivity contribution in [1.29, 1.82) is 5.26 Å². The lowest BCUT2D eigenvalue weighted by molar-refractivity contribution is 0.294. The summed E-state index contributed by atoms with van der Waals surface area (Å²) in [5.41, 5.74) is 2.38. The van der Waals surface area contributed by atoms with E-state index in [-0.39, 0.29) is 0 Å². The highest BCUT2D eigenvalue weighted by atomic mass is 28.4. The average Bonchev–Trinajstić information content (AvgIpc) is 2.11. The largest absolute Gasteiger partial charge is 0.399 e. The third kappa shape index (κ3) is 8.45. The second-order valence-electron chi connectivity index (χ2n) is 5.25. The molecular formula is C13H23NOSi. The van der Waals surface area contributed by atoms with Crippen molar-refractivity contribution in [3.05, 3.63) is 23.8 Å². The summed E-state index contributed by atoms with van der Waals surface area (Å²) in [6, 6.07) is 2.19. The third-order valence-corrected chi connectivity index (χ3v) is 2.95. The van der Waals surface area contributed by atoms with Gasteiger partial charge in [0.2, 0.25) is 0 Å². The van der Waals surface area contributed by atoms with E-state index in [9.17, 15) is 0 Å². The highest BCUT2D eigenvalue weighted by molar-refractivity contribution is 6.69. The van der Waals surface area contributed by atoms with Crippen LogP contribution in [-0.4, -0.2) is 14.4 Å². The van der Waals surface area contributed by atoms with Gasteiger partial charge in [0.15, 0.2) is 14.4 Å². The minimum absolute atomic E-state index is 0.392. The molecular weight excluding hydrogens is 214 g/mol. The molecule has 3 heteroatoms. The Balaban J connectivity index is 4.35. The van der Waals surface area contributed by atoms with Crippen molar-refractivity contribution in [3.8, 4) is 6.07 Å². The number of hydrogen-bond acceptors (Lipinski definition) is 2. The standard InChI is InChI=1S/C13H23NOSi/c1-11(2)7-8-12(3)9-13(10-14)15-16(4,5)6/h9,13H,1,7-8H2,2-6H3/b12-9+. The maximum atomic E-state index is 9.00. The van der Waals surface area contributed by atoms with Crippen molar-refractivity contribution in [1.82, 2.24) is 0 Å². The second-order valence-corrected chi connectivity index (χ2v) is 9.71. The zero-order chi connectivity index (χ0) is 12.8. The number of nitriles is 1. The Morgan fingerprint density at radius 1 is 1.38 bits per heavy atom. The van der Waals surface area contributed by atoms with Gasteiger partial charge in [0, 0.05) is 0 Å². The van der Waals surface area contributed by atoms with Gasteiger partial charge in [0.1, 0.15) is 0 Å². The van der Waals surface area contributed by atoms with E-state index in [1.807, 2.05) is 19.9 Å². The molecule has 0 aromatic heterocycles. The van der Waals surface area contributed by atoms with Gasteiger partial charge >= 0.3 is 0 Å². The first-order valence-electron chi connectivity index (χ1n) is 5.63. The molecule has 0 fully saturated rings. The van der Waals surface area contributed by atoms with Crippen molar-refractivity contribution < 1.29 is 4.43 Å². The Morgan fingerprint density at radius 2 is 1.94 bits per heavy atom. The second kappa shape index (κ2) is 6.67. The van der Waals surface area contributed by atoms with Crippen LogP contribution < -0.4 is 0 Å². The van der Waals surface area contributed by atoms with Crippen molar-refractivity contribution in [2.75, 3.05) is 0 Å². The van der Waals surface area contributed by atoms with Crippen molar-refractivity contribution in [2.45, 2.75) is 52.4 Å². The van der Waals surface area contributed by atoms with E-state index < -0.39 is 14.4 Å². The van der Waals surface area contributed by atoms with Gasteiger partial charge in [-0.3, -0.25) is 0 Å². The van der Waals surface area contributed by atoms with E-state index in [2.05, 4.69) is 32.3 Å². The summed E-state index contributed by atoms with van der Waals surface area (Å²) in [5.74, 6) is 0. The molecule has 0 N–H and O–H groups in total. The fraction of sp³-hybridized carbons (Fsp3) is 0.615. The highest BCUT2D eigenvalue weighted by Crippen LogP contribution is 2.13. The molecule has 0 aromatic rings. The van der Waals surface area contributed by atoms with Crippen LogP contribution in [0.1, 0.15) is 26.7 Å². The first kappa shape index (κ1) is 15.1. The minimum Gasteiger partial charge on any atom is -0.399 e. The van der Waals surface area contributed by atoms with Crippen molar-refractivity contribution in [3.63, 3.8) is 0 Å². The predicted molar refractivity (Wildman–Crippen MR) is 71.6 cm³/mol. The molecule has 0 heterocycles. The molecule has 16 heavy (non-hydrogen) atoms. The van der Waals surface area contributed by atoms with Crippen molar-refractivity contribution in [2.24, 2.45) is 0 Å². The Labute approximate surface area is 101 Å². The summed E-state index contributed by atoms with van der Waals surface area (Å²) < 4.78 is 5.74. The van der Waals surface area contributed by atoms with Gasteiger partial charge in [-0.25, -0.2) is 0 Å². The fourth-order valence-electron chi connectivity index (χ4n) is 1.23. The van der Waals surface area contributed by atoms with E-state index >= 15 is 0 Å². The smallest absolute Gasteiger partial charge is 0.185 e. The van der Waals surface area contributed by atoms with E-state index in [0.29, 0.717) is 0 Å². The van der Waals surface area contributed by atoms with Gasteiger partial charge in [-0.05, 0) is 52.4 Å². The summed E-state index contributed by atoms with van der Waals surface area (Å²) in [7, 11) is -1.64. The molecule has 1 unspecified atom stereocenters.